The van der Waals surface area contributed by atoms with Crippen LogP contribution in [0, 0.1) is 0 Å². The fourth-order valence-corrected chi connectivity index (χ4v) is 3.71. The molecule has 0 atom stereocenters. The van der Waals surface area contributed by atoms with Gasteiger partial charge in [0.05, 0.1) is 12.6 Å². The molecule has 1 saturated carbocycles. The van der Waals surface area contributed by atoms with E-state index in [0.717, 1.165) is 38.3 Å². The van der Waals surface area contributed by atoms with E-state index in [1.807, 2.05) is 6.07 Å². The summed E-state index contributed by atoms with van der Waals surface area (Å²) in [5.74, 6) is 0.482. The van der Waals surface area contributed by atoms with Crippen LogP contribution in [-0.4, -0.2) is 43.2 Å². The predicted octanol–water partition coefficient (Wildman–Crippen LogP) is 1.98. The Balaban J connectivity index is 1.99. The zero-order valence-electron chi connectivity index (χ0n) is 12.6. The minimum Gasteiger partial charge on any atom is -0.465 e. The molecule has 1 aromatic rings. The normalized spacial score (nSPS) is 21.3. The highest BCUT2D eigenvalue weighted by molar-refractivity contribution is 5.94. The molecule has 2 aliphatic rings. The van der Waals surface area contributed by atoms with Gasteiger partial charge in [0.15, 0.2) is 0 Å². The first-order valence-corrected chi connectivity index (χ1v) is 7.78. The SMILES string of the molecule is COC(=O)c1cccnc1N1CCNCC12CCCCC2. The molecule has 1 aliphatic heterocycles. The third-order valence-corrected chi connectivity index (χ3v) is 4.77. The van der Waals surface area contributed by atoms with Crippen LogP contribution < -0.4 is 10.2 Å². The maximum Gasteiger partial charge on any atom is 0.341 e. The van der Waals surface area contributed by atoms with Gasteiger partial charge in [-0.2, -0.15) is 0 Å². The van der Waals surface area contributed by atoms with Crippen molar-refractivity contribution in [1.29, 1.82) is 0 Å². The second kappa shape index (κ2) is 6.02. The van der Waals surface area contributed by atoms with Gasteiger partial charge in [-0.1, -0.05) is 19.3 Å². The lowest BCUT2D eigenvalue weighted by atomic mass is 9.79. The number of carbonyl (C=O) groups excluding carboxylic acids is 1. The summed E-state index contributed by atoms with van der Waals surface area (Å²) in [4.78, 5) is 18.9. The number of nitrogens with one attached hydrogen (secondary N) is 1. The zero-order valence-corrected chi connectivity index (χ0v) is 12.6. The van der Waals surface area contributed by atoms with Gasteiger partial charge >= 0.3 is 5.97 Å². The van der Waals surface area contributed by atoms with Crippen molar-refractivity contribution in [2.45, 2.75) is 37.6 Å². The number of aromatic nitrogens is 1. The molecule has 1 saturated heterocycles. The highest BCUT2D eigenvalue weighted by Crippen LogP contribution is 2.38. The molecule has 1 aliphatic carbocycles. The van der Waals surface area contributed by atoms with Crippen LogP contribution in [0.25, 0.3) is 0 Å². The number of piperazine rings is 1. The van der Waals surface area contributed by atoms with Gasteiger partial charge in [-0.15, -0.1) is 0 Å². The van der Waals surface area contributed by atoms with Crippen LogP contribution in [0.5, 0.6) is 0 Å². The molecular formula is C16H23N3O2. The van der Waals surface area contributed by atoms with Gasteiger partial charge < -0.3 is 15.0 Å². The van der Waals surface area contributed by atoms with Crippen molar-refractivity contribution < 1.29 is 9.53 Å². The molecule has 1 aromatic heterocycles. The third-order valence-electron chi connectivity index (χ3n) is 4.77. The first-order chi connectivity index (χ1) is 10.3. The van der Waals surface area contributed by atoms with E-state index in [2.05, 4.69) is 15.2 Å². The molecule has 114 valence electrons. The summed E-state index contributed by atoms with van der Waals surface area (Å²) >= 11 is 0. The summed E-state index contributed by atoms with van der Waals surface area (Å²) in [5, 5.41) is 3.52. The average Bonchev–Trinajstić information content (AvgIpc) is 2.55. The van der Waals surface area contributed by atoms with Crippen LogP contribution in [0.2, 0.25) is 0 Å². The zero-order chi connectivity index (χ0) is 14.7. The van der Waals surface area contributed by atoms with Crippen molar-refractivity contribution in [2.24, 2.45) is 0 Å². The second-order valence-electron chi connectivity index (χ2n) is 5.98. The van der Waals surface area contributed by atoms with E-state index in [1.54, 1.807) is 12.3 Å². The van der Waals surface area contributed by atoms with Crippen molar-refractivity contribution >= 4 is 11.8 Å². The lowest BCUT2D eigenvalue weighted by Crippen LogP contribution is -2.62. The molecule has 1 spiro atoms. The van der Waals surface area contributed by atoms with Gasteiger partial charge in [-0.05, 0) is 25.0 Å². The fraction of sp³-hybridized carbons (Fsp3) is 0.625. The molecule has 0 bridgehead atoms. The van der Waals surface area contributed by atoms with Gasteiger partial charge in [0.25, 0.3) is 0 Å². The fourth-order valence-electron chi connectivity index (χ4n) is 3.71. The minimum atomic E-state index is -0.303. The van der Waals surface area contributed by atoms with E-state index < -0.39 is 0 Å². The summed E-state index contributed by atoms with van der Waals surface area (Å²) in [5.41, 5.74) is 0.681. The van der Waals surface area contributed by atoms with Gasteiger partial charge in [-0.25, -0.2) is 9.78 Å². The van der Waals surface area contributed by atoms with Crippen molar-refractivity contribution in [3.63, 3.8) is 0 Å². The number of methoxy groups -OCH3 is 1. The second-order valence-corrected chi connectivity index (χ2v) is 5.98. The summed E-state index contributed by atoms with van der Waals surface area (Å²) < 4.78 is 4.92. The summed E-state index contributed by atoms with van der Waals surface area (Å²) in [6, 6.07) is 3.61. The Kier molecular flexibility index (Phi) is 4.10. The van der Waals surface area contributed by atoms with Crippen molar-refractivity contribution in [3.05, 3.63) is 23.9 Å². The Morgan fingerprint density at radius 3 is 2.95 bits per heavy atom. The molecule has 5 heteroatoms. The number of nitrogens with zero attached hydrogens (tertiary/aromatic N) is 2. The Morgan fingerprint density at radius 1 is 1.38 bits per heavy atom. The molecule has 0 radical (unpaired) electrons. The molecule has 3 rings (SSSR count). The predicted molar refractivity (Wildman–Crippen MR) is 81.6 cm³/mol. The van der Waals surface area contributed by atoms with Gasteiger partial charge in [0.2, 0.25) is 0 Å². The summed E-state index contributed by atoms with van der Waals surface area (Å²) in [7, 11) is 1.42. The van der Waals surface area contributed by atoms with Crippen molar-refractivity contribution in [1.82, 2.24) is 10.3 Å². The molecule has 5 nitrogen and oxygen atoms in total. The number of anilines is 1. The number of pyridine rings is 1. The maximum absolute atomic E-state index is 12.0. The largest absolute Gasteiger partial charge is 0.465 e. The lowest BCUT2D eigenvalue weighted by molar-refractivity contribution is 0.0600. The van der Waals surface area contributed by atoms with Crippen LogP contribution in [0.15, 0.2) is 18.3 Å². The number of hydrogen-bond acceptors (Lipinski definition) is 5. The minimum absolute atomic E-state index is 0.105. The number of hydrogen-bond donors (Lipinski definition) is 1. The molecule has 21 heavy (non-hydrogen) atoms. The van der Waals surface area contributed by atoms with Crippen molar-refractivity contribution in [3.8, 4) is 0 Å². The van der Waals surface area contributed by atoms with E-state index >= 15 is 0 Å². The number of rotatable bonds is 2. The first-order valence-electron chi connectivity index (χ1n) is 7.78. The highest BCUT2D eigenvalue weighted by atomic mass is 16.5. The Bertz CT molecular complexity index is 504. The molecule has 2 heterocycles. The van der Waals surface area contributed by atoms with E-state index in [1.165, 1.54) is 26.4 Å². The summed E-state index contributed by atoms with van der Waals surface area (Å²) in [6.07, 6.45) is 7.90. The molecule has 0 amide bonds. The highest BCUT2D eigenvalue weighted by Gasteiger charge is 2.41. The van der Waals surface area contributed by atoms with E-state index in [4.69, 9.17) is 4.74 Å². The molecule has 2 fully saturated rings. The maximum atomic E-state index is 12.0. The Labute approximate surface area is 125 Å². The first kappa shape index (κ1) is 14.3. The monoisotopic (exact) mass is 289 g/mol. The summed E-state index contributed by atoms with van der Waals surface area (Å²) in [6.45, 7) is 2.80. The third kappa shape index (κ3) is 2.62. The lowest BCUT2D eigenvalue weighted by Gasteiger charge is -2.50. The van der Waals surface area contributed by atoms with Gasteiger partial charge in [0.1, 0.15) is 11.4 Å². The Hall–Kier alpha value is -1.62. The molecule has 1 N–H and O–H groups in total. The van der Waals surface area contributed by atoms with E-state index in [-0.39, 0.29) is 11.5 Å². The van der Waals surface area contributed by atoms with E-state index in [0.29, 0.717) is 5.56 Å². The molecule has 0 unspecified atom stereocenters. The molecule has 0 aromatic carbocycles. The smallest absolute Gasteiger partial charge is 0.341 e. The average molecular weight is 289 g/mol. The number of esters is 1. The van der Waals surface area contributed by atoms with E-state index in [9.17, 15) is 4.79 Å². The quantitative estimate of drug-likeness (QED) is 0.844. The van der Waals surface area contributed by atoms with Gasteiger partial charge in [-0.3, -0.25) is 0 Å². The van der Waals surface area contributed by atoms with Crippen LogP contribution >= 0.6 is 0 Å². The van der Waals surface area contributed by atoms with Crippen LogP contribution in [-0.2, 0) is 4.74 Å². The molecular weight excluding hydrogens is 266 g/mol. The number of ether oxygens (including phenoxy) is 1. The van der Waals surface area contributed by atoms with Crippen LogP contribution in [0.4, 0.5) is 5.82 Å². The standard InChI is InChI=1S/C16H23N3O2/c1-21-15(20)13-6-5-9-18-14(13)19-11-10-17-12-16(19)7-3-2-4-8-16/h5-6,9,17H,2-4,7-8,10-12H2,1H3. The number of carbonyl (C=O) groups is 1. The van der Waals surface area contributed by atoms with Crippen molar-refractivity contribution in [2.75, 3.05) is 31.6 Å². The van der Waals surface area contributed by atoms with Crippen LogP contribution in [0.3, 0.4) is 0 Å². The van der Waals surface area contributed by atoms with Crippen LogP contribution in [0.1, 0.15) is 42.5 Å². The Morgan fingerprint density at radius 2 is 2.19 bits per heavy atom. The topological polar surface area (TPSA) is 54.5 Å². The van der Waals surface area contributed by atoms with Gasteiger partial charge in [0, 0.05) is 25.8 Å².